The van der Waals surface area contributed by atoms with Gasteiger partial charge in [-0.3, -0.25) is 4.79 Å². The molecule has 0 N–H and O–H groups in total. The first-order valence-corrected chi connectivity index (χ1v) is 11.2. The number of ether oxygens (including phenoxy) is 1. The van der Waals surface area contributed by atoms with Crippen molar-refractivity contribution in [3.63, 3.8) is 0 Å². The van der Waals surface area contributed by atoms with E-state index in [0.717, 1.165) is 6.42 Å². The van der Waals surface area contributed by atoms with E-state index in [-0.39, 0.29) is 23.0 Å². The van der Waals surface area contributed by atoms with E-state index in [0.29, 0.717) is 38.0 Å². The quantitative estimate of drug-likeness (QED) is 0.645. The number of likely N-dealkylation sites (tertiary alicyclic amines) is 1. The van der Waals surface area contributed by atoms with Gasteiger partial charge in [-0.2, -0.15) is 4.31 Å². The molecule has 1 saturated heterocycles. The summed E-state index contributed by atoms with van der Waals surface area (Å²) in [6.07, 6.45) is 1.08. The molecule has 156 valence electrons. The van der Waals surface area contributed by atoms with Crippen molar-refractivity contribution >= 4 is 21.9 Å². The van der Waals surface area contributed by atoms with Crippen molar-refractivity contribution in [1.82, 2.24) is 9.21 Å². The van der Waals surface area contributed by atoms with Crippen LogP contribution in [0.2, 0.25) is 0 Å². The number of carbonyl (C=O) groups is 2. The third-order valence-corrected chi connectivity index (χ3v) is 7.01. The van der Waals surface area contributed by atoms with Gasteiger partial charge < -0.3 is 9.64 Å². The van der Waals surface area contributed by atoms with Crippen molar-refractivity contribution < 1.29 is 22.7 Å². The highest BCUT2D eigenvalue weighted by atomic mass is 32.2. The van der Waals surface area contributed by atoms with Crippen LogP contribution in [0.25, 0.3) is 0 Å². The van der Waals surface area contributed by atoms with Crippen LogP contribution in [0.5, 0.6) is 0 Å². The van der Waals surface area contributed by atoms with Crippen molar-refractivity contribution in [1.29, 1.82) is 0 Å². The minimum atomic E-state index is -3.67. The summed E-state index contributed by atoms with van der Waals surface area (Å²) in [5, 5.41) is 0. The van der Waals surface area contributed by atoms with E-state index < -0.39 is 16.0 Å². The minimum absolute atomic E-state index is 0.0376. The molecule has 1 fully saturated rings. The third-order valence-electron chi connectivity index (χ3n) is 4.96. The Labute approximate surface area is 167 Å². The smallest absolute Gasteiger partial charge is 0.338 e. The van der Waals surface area contributed by atoms with Crippen LogP contribution in [0.15, 0.2) is 29.2 Å². The molecule has 0 radical (unpaired) electrons. The van der Waals surface area contributed by atoms with Crippen LogP contribution in [0.4, 0.5) is 0 Å². The fourth-order valence-electron chi connectivity index (χ4n) is 3.66. The van der Waals surface area contributed by atoms with Gasteiger partial charge in [-0.1, -0.05) is 33.8 Å². The van der Waals surface area contributed by atoms with Gasteiger partial charge in [-0.25, -0.2) is 13.2 Å². The number of sulfonamides is 1. The van der Waals surface area contributed by atoms with Gasteiger partial charge in [0.25, 0.3) is 5.91 Å². The molecule has 0 unspecified atom stereocenters. The molecule has 2 rings (SSSR count). The summed E-state index contributed by atoms with van der Waals surface area (Å²) >= 11 is 0. The zero-order valence-electron chi connectivity index (χ0n) is 17.1. The van der Waals surface area contributed by atoms with E-state index in [4.69, 9.17) is 4.74 Å². The Balaban J connectivity index is 2.04. The summed E-state index contributed by atoms with van der Waals surface area (Å²) < 4.78 is 31.7. The van der Waals surface area contributed by atoms with Crippen molar-refractivity contribution in [2.45, 2.75) is 39.0 Å². The van der Waals surface area contributed by atoms with Gasteiger partial charge in [0.15, 0.2) is 6.61 Å². The Morgan fingerprint density at radius 2 is 1.75 bits per heavy atom. The standard InChI is InChI=1S/C20H30N2O5S/c1-5-22(6-2)28(25,26)18-9-7-8-17(11-18)20(24)27-14-19(23)21-12-15(3)10-16(4)13-21/h7-9,11,15-16H,5-6,10,12-14H2,1-4H3/t15-,16-/m0/s1. The molecule has 8 heteroatoms. The number of esters is 1. The second-order valence-electron chi connectivity index (χ2n) is 7.44. The number of hydrogen-bond donors (Lipinski definition) is 0. The molecule has 1 aliphatic heterocycles. The Morgan fingerprint density at radius 3 is 2.32 bits per heavy atom. The highest BCUT2D eigenvalue weighted by molar-refractivity contribution is 7.89. The molecule has 1 heterocycles. The molecule has 1 aliphatic rings. The molecule has 0 spiro atoms. The molecule has 0 bridgehead atoms. The second-order valence-corrected chi connectivity index (χ2v) is 9.38. The first-order valence-electron chi connectivity index (χ1n) is 9.74. The predicted molar refractivity (Wildman–Crippen MR) is 106 cm³/mol. The van der Waals surface area contributed by atoms with Crippen LogP contribution in [0.3, 0.4) is 0 Å². The number of nitrogens with zero attached hydrogens (tertiary/aromatic N) is 2. The summed E-state index contributed by atoms with van der Waals surface area (Å²) in [6.45, 7) is 9.39. The molecule has 0 aliphatic carbocycles. The van der Waals surface area contributed by atoms with Crippen LogP contribution < -0.4 is 0 Å². The monoisotopic (exact) mass is 410 g/mol. The molecule has 1 amide bonds. The lowest BCUT2D eigenvalue weighted by Crippen LogP contribution is -2.44. The first-order chi connectivity index (χ1) is 13.2. The summed E-state index contributed by atoms with van der Waals surface area (Å²) in [5.41, 5.74) is 0.112. The summed E-state index contributed by atoms with van der Waals surface area (Å²) in [7, 11) is -3.67. The number of rotatable bonds is 7. The van der Waals surface area contributed by atoms with Crippen molar-refractivity contribution in [2.75, 3.05) is 32.8 Å². The molecular formula is C20H30N2O5S. The summed E-state index contributed by atoms with van der Waals surface area (Å²) in [6, 6.07) is 5.74. The first kappa shape index (κ1) is 22.4. The third kappa shape index (κ3) is 5.32. The van der Waals surface area contributed by atoms with Gasteiger partial charge in [0.1, 0.15) is 0 Å². The number of amides is 1. The van der Waals surface area contributed by atoms with E-state index in [1.807, 2.05) is 0 Å². The van der Waals surface area contributed by atoms with Gasteiger partial charge >= 0.3 is 5.97 Å². The second kappa shape index (κ2) is 9.52. The highest BCUT2D eigenvalue weighted by Gasteiger charge is 2.26. The van der Waals surface area contributed by atoms with E-state index in [2.05, 4.69) is 13.8 Å². The zero-order chi connectivity index (χ0) is 20.9. The predicted octanol–water partition coefficient (Wildman–Crippen LogP) is 2.38. The van der Waals surface area contributed by atoms with E-state index in [9.17, 15) is 18.0 Å². The lowest BCUT2D eigenvalue weighted by Gasteiger charge is -2.34. The number of hydrogen-bond acceptors (Lipinski definition) is 5. The van der Waals surface area contributed by atoms with Crippen molar-refractivity contribution in [3.8, 4) is 0 Å². The van der Waals surface area contributed by atoms with Gasteiger partial charge in [-0.15, -0.1) is 0 Å². The minimum Gasteiger partial charge on any atom is -0.452 e. The van der Waals surface area contributed by atoms with Crippen LogP contribution in [-0.2, 0) is 19.6 Å². The van der Waals surface area contributed by atoms with Gasteiger partial charge in [-0.05, 0) is 36.5 Å². The largest absolute Gasteiger partial charge is 0.452 e. The zero-order valence-corrected chi connectivity index (χ0v) is 17.9. The molecule has 1 aromatic rings. The maximum atomic E-state index is 12.6. The van der Waals surface area contributed by atoms with Crippen molar-refractivity contribution in [2.24, 2.45) is 11.8 Å². The Hall–Kier alpha value is -1.93. The fourth-order valence-corrected chi connectivity index (χ4v) is 5.17. The average Bonchev–Trinajstić information content (AvgIpc) is 2.66. The Bertz CT molecular complexity index is 795. The van der Waals surface area contributed by atoms with Gasteiger partial charge in [0, 0.05) is 26.2 Å². The van der Waals surface area contributed by atoms with Gasteiger partial charge in [0.05, 0.1) is 10.5 Å². The maximum Gasteiger partial charge on any atom is 0.338 e. The highest BCUT2D eigenvalue weighted by Crippen LogP contribution is 2.21. The SMILES string of the molecule is CCN(CC)S(=O)(=O)c1cccc(C(=O)OCC(=O)N2C[C@@H](C)C[C@H](C)C2)c1. The van der Waals surface area contributed by atoms with E-state index in [1.54, 1.807) is 18.7 Å². The Morgan fingerprint density at radius 1 is 1.14 bits per heavy atom. The molecule has 28 heavy (non-hydrogen) atoms. The Kier molecular flexibility index (Phi) is 7.60. The van der Waals surface area contributed by atoms with Crippen molar-refractivity contribution in [3.05, 3.63) is 29.8 Å². The van der Waals surface area contributed by atoms with E-state index in [1.165, 1.54) is 28.6 Å². The molecule has 0 saturated carbocycles. The topological polar surface area (TPSA) is 84.0 Å². The maximum absolute atomic E-state index is 12.6. The molecule has 7 nitrogen and oxygen atoms in total. The molecule has 2 atom stereocenters. The lowest BCUT2D eigenvalue weighted by atomic mass is 9.92. The van der Waals surface area contributed by atoms with Crippen LogP contribution in [0, 0.1) is 11.8 Å². The number of piperidine rings is 1. The number of benzene rings is 1. The summed E-state index contributed by atoms with van der Waals surface area (Å²) in [4.78, 5) is 26.5. The molecule has 1 aromatic carbocycles. The number of carbonyl (C=O) groups excluding carboxylic acids is 2. The fraction of sp³-hybridized carbons (Fsp3) is 0.600. The van der Waals surface area contributed by atoms with E-state index >= 15 is 0 Å². The molecule has 0 aromatic heterocycles. The van der Waals surface area contributed by atoms with Gasteiger partial charge in [0.2, 0.25) is 10.0 Å². The molecular weight excluding hydrogens is 380 g/mol. The lowest BCUT2D eigenvalue weighted by molar-refractivity contribution is -0.137. The van der Waals surface area contributed by atoms with Crippen LogP contribution in [0.1, 0.15) is 44.5 Å². The van der Waals surface area contributed by atoms with Crippen LogP contribution >= 0.6 is 0 Å². The normalized spacial score (nSPS) is 20.2. The summed E-state index contributed by atoms with van der Waals surface area (Å²) in [5.74, 6) is -0.0857. The average molecular weight is 411 g/mol. The van der Waals surface area contributed by atoms with Crippen LogP contribution in [-0.4, -0.2) is 62.3 Å².